The number of hydrazine groups is 1. The lowest BCUT2D eigenvalue weighted by molar-refractivity contribution is -0.124. The summed E-state index contributed by atoms with van der Waals surface area (Å²) >= 11 is 0. The zero-order valence-electron chi connectivity index (χ0n) is 16.2. The van der Waals surface area contributed by atoms with Gasteiger partial charge in [0.15, 0.2) is 14.6 Å². The second kappa shape index (κ2) is 7.43. The predicted octanol–water partition coefficient (Wildman–Crippen LogP) is 2.75. The highest BCUT2D eigenvalue weighted by Gasteiger charge is 2.53. The molecule has 2 amide bonds. The lowest BCUT2D eigenvalue weighted by Gasteiger charge is -2.28. The van der Waals surface area contributed by atoms with Crippen molar-refractivity contribution in [1.29, 1.82) is 0 Å². The maximum atomic E-state index is 13.5. The Morgan fingerprint density at radius 3 is 2.32 bits per heavy atom. The molecule has 0 atom stereocenters. The molecule has 3 rings (SSSR count). The molecule has 1 aromatic carbocycles. The molecule has 150 valence electrons. The van der Waals surface area contributed by atoms with Crippen molar-refractivity contribution < 1.29 is 22.4 Å². The molecule has 28 heavy (non-hydrogen) atoms. The molecule has 1 fully saturated rings. The molecule has 1 aromatic heterocycles. The van der Waals surface area contributed by atoms with E-state index in [9.17, 15) is 18.0 Å². The van der Waals surface area contributed by atoms with E-state index in [0.717, 1.165) is 5.56 Å². The number of sulfone groups is 1. The molecule has 2 N–H and O–H groups in total. The number of carbonyl (C=O) groups excluding carboxylic acids is 2. The van der Waals surface area contributed by atoms with E-state index in [-0.39, 0.29) is 23.3 Å². The molecule has 1 aliphatic rings. The molecule has 0 saturated heterocycles. The first-order chi connectivity index (χ1) is 13.2. The molecule has 2 aromatic rings. The summed E-state index contributed by atoms with van der Waals surface area (Å²) in [6.45, 7) is 5.16. The molecule has 0 spiro atoms. The van der Waals surface area contributed by atoms with E-state index in [1.807, 2.05) is 13.0 Å². The minimum absolute atomic E-state index is 0.168. The lowest BCUT2D eigenvalue weighted by atomic mass is 10.1. The fraction of sp³-hybridized carbons (Fsp3) is 0.400. The van der Waals surface area contributed by atoms with Crippen molar-refractivity contribution >= 4 is 21.7 Å². The van der Waals surface area contributed by atoms with E-state index >= 15 is 0 Å². The highest BCUT2D eigenvalue weighted by atomic mass is 32.2. The molecule has 1 saturated carbocycles. The summed E-state index contributed by atoms with van der Waals surface area (Å²) in [5.41, 5.74) is 6.33. The first-order valence-electron chi connectivity index (χ1n) is 9.16. The summed E-state index contributed by atoms with van der Waals surface area (Å²) in [6.07, 6.45) is 3.07. The monoisotopic (exact) mass is 404 g/mol. The zero-order valence-corrected chi connectivity index (χ0v) is 17.0. The third-order valence-electron chi connectivity index (χ3n) is 5.37. The standard InChI is InChI=1S/C20H24N2O5S/c1-13-6-7-14(2)17(12-13)28(25,26)20(9-4-5-10-20)19(24)22-21-18(23)16-8-11-27-15(16)3/h6-8,11-12H,4-5,9-10H2,1-3H3,(H,21,23)(H,22,24). The number of aryl methyl sites for hydroxylation is 3. The predicted molar refractivity (Wildman–Crippen MR) is 103 cm³/mol. The average molecular weight is 404 g/mol. The lowest BCUT2D eigenvalue weighted by Crippen LogP contribution is -2.55. The Hall–Kier alpha value is -2.61. The summed E-state index contributed by atoms with van der Waals surface area (Å²) < 4.78 is 30.5. The number of rotatable bonds is 4. The largest absolute Gasteiger partial charge is 0.469 e. The van der Waals surface area contributed by atoms with Crippen molar-refractivity contribution in [2.24, 2.45) is 0 Å². The number of benzene rings is 1. The van der Waals surface area contributed by atoms with E-state index < -0.39 is 26.4 Å². The van der Waals surface area contributed by atoms with E-state index in [1.165, 1.54) is 12.3 Å². The molecular formula is C20H24N2O5S. The smallest absolute Gasteiger partial charge is 0.273 e. The Morgan fingerprint density at radius 1 is 1.04 bits per heavy atom. The van der Waals surface area contributed by atoms with Gasteiger partial charge in [0.1, 0.15) is 5.76 Å². The summed E-state index contributed by atoms with van der Waals surface area (Å²) in [5.74, 6) is -0.859. The van der Waals surface area contributed by atoms with Crippen LogP contribution in [0.5, 0.6) is 0 Å². The highest BCUT2D eigenvalue weighted by molar-refractivity contribution is 7.93. The second-order valence-electron chi connectivity index (χ2n) is 7.27. The quantitative estimate of drug-likeness (QED) is 0.763. The van der Waals surface area contributed by atoms with Gasteiger partial charge in [-0.3, -0.25) is 20.4 Å². The van der Waals surface area contributed by atoms with Gasteiger partial charge < -0.3 is 4.42 Å². The topological polar surface area (TPSA) is 105 Å². The number of hydrogen-bond acceptors (Lipinski definition) is 5. The van der Waals surface area contributed by atoms with Crippen LogP contribution < -0.4 is 10.9 Å². The Morgan fingerprint density at radius 2 is 1.71 bits per heavy atom. The first kappa shape index (κ1) is 20.1. The molecule has 1 heterocycles. The van der Waals surface area contributed by atoms with Gasteiger partial charge >= 0.3 is 0 Å². The third-order valence-corrected chi connectivity index (χ3v) is 8.01. The van der Waals surface area contributed by atoms with Crippen LogP contribution in [0.25, 0.3) is 0 Å². The van der Waals surface area contributed by atoms with Crippen LogP contribution in [-0.4, -0.2) is 25.0 Å². The van der Waals surface area contributed by atoms with Crippen molar-refractivity contribution in [2.75, 3.05) is 0 Å². The summed E-state index contributed by atoms with van der Waals surface area (Å²) in [6, 6.07) is 6.66. The molecule has 0 aliphatic heterocycles. The van der Waals surface area contributed by atoms with Crippen LogP contribution >= 0.6 is 0 Å². The highest BCUT2D eigenvalue weighted by Crippen LogP contribution is 2.41. The molecule has 0 radical (unpaired) electrons. The van der Waals surface area contributed by atoms with E-state index in [4.69, 9.17) is 4.42 Å². The molecule has 1 aliphatic carbocycles. The van der Waals surface area contributed by atoms with Crippen molar-refractivity contribution in [3.05, 3.63) is 53.0 Å². The van der Waals surface area contributed by atoms with E-state index in [2.05, 4.69) is 10.9 Å². The van der Waals surface area contributed by atoms with Gasteiger partial charge in [-0.25, -0.2) is 8.42 Å². The van der Waals surface area contributed by atoms with Crippen LogP contribution in [0.4, 0.5) is 0 Å². The molecule has 8 heteroatoms. The number of amides is 2. The third kappa shape index (κ3) is 3.32. The van der Waals surface area contributed by atoms with Gasteiger partial charge in [-0.15, -0.1) is 0 Å². The maximum absolute atomic E-state index is 13.5. The van der Waals surface area contributed by atoms with Crippen LogP contribution in [0, 0.1) is 20.8 Å². The molecule has 0 bridgehead atoms. The SMILES string of the molecule is Cc1ccc(C)c(S(=O)(=O)C2(C(=O)NNC(=O)c3ccoc3C)CCCC2)c1. The fourth-order valence-corrected chi connectivity index (χ4v) is 6.06. The summed E-state index contributed by atoms with van der Waals surface area (Å²) in [5, 5.41) is 0. The van der Waals surface area contributed by atoms with E-state index in [1.54, 1.807) is 26.0 Å². The van der Waals surface area contributed by atoms with Crippen molar-refractivity contribution in [3.63, 3.8) is 0 Å². The van der Waals surface area contributed by atoms with Gasteiger partial charge in [0.2, 0.25) is 0 Å². The minimum Gasteiger partial charge on any atom is -0.469 e. The second-order valence-corrected chi connectivity index (χ2v) is 9.50. The van der Waals surface area contributed by atoms with Crippen LogP contribution in [0.2, 0.25) is 0 Å². The van der Waals surface area contributed by atoms with E-state index in [0.29, 0.717) is 24.2 Å². The number of carbonyl (C=O) groups is 2. The van der Waals surface area contributed by atoms with Crippen LogP contribution in [0.15, 0.2) is 39.8 Å². The van der Waals surface area contributed by atoms with Gasteiger partial charge in [0, 0.05) is 0 Å². The Kier molecular flexibility index (Phi) is 5.34. The number of furan rings is 1. The zero-order chi connectivity index (χ0) is 20.5. The van der Waals surface area contributed by atoms with Crippen molar-refractivity contribution in [1.82, 2.24) is 10.9 Å². The molecular weight excluding hydrogens is 380 g/mol. The van der Waals surface area contributed by atoms with Gasteiger partial charge in [-0.1, -0.05) is 25.0 Å². The Balaban J connectivity index is 1.89. The normalized spacial score (nSPS) is 16.0. The Bertz CT molecular complexity index is 1020. The molecule has 0 unspecified atom stereocenters. The summed E-state index contributed by atoms with van der Waals surface area (Å²) in [7, 11) is -3.94. The molecule has 7 nitrogen and oxygen atoms in total. The van der Waals surface area contributed by atoms with Gasteiger partial charge in [0.05, 0.1) is 16.7 Å². The van der Waals surface area contributed by atoms with Gasteiger partial charge in [0.25, 0.3) is 11.8 Å². The number of nitrogens with one attached hydrogen (secondary N) is 2. The van der Waals surface area contributed by atoms with Crippen molar-refractivity contribution in [2.45, 2.75) is 56.1 Å². The number of hydrogen-bond donors (Lipinski definition) is 2. The van der Waals surface area contributed by atoms with Crippen molar-refractivity contribution in [3.8, 4) is 0 Å². The maximum Gasteiger partial charge on any atom is 0.273 e. The fourth-order valence-electron chi connectivity index (χ4n) is 3.69. The minimum atomic E-state index is -3.94. The van der Waals surface area contributed by atoms with Gasteiger partial charge in [-0.05, 0) is 56.9 Å². The van der Waals surface area contributed by atoms with Crippen LogP contribution in [0.3, 0.4) is 0 Å². The Labute approximate surface area is 164 Å². The average Bonchev–Trinajstić information content (AvgIpc) is 3.31. The summed E-state index contributed by atoms with van der Waals surface area (Å²) in [4.78, 5) is 25.4. The first-order valence-corrected chi connectivity index (χ1v) is 10.6. The van der Waals surface area contributed by atoms with Crippen LogP contribution in [0.1, 0.15) is 52.9 Å². The van der Waals surface area contributed by atoms with Crippen LogP contribution in [-0.2, 0) is 14.6 Å². The van der Waals surface area contributed by atoms with Gasteiger partial charge in [-0.2, -0.15) is 0 Å².